The maximum atomic E-state index is 12.3. The number of amides is 1. The summed E-state index contributed by atoms with van der Waals surface area (Å²) in [4.78, 5) is 12.3. The zero-order chi connectivity index (χ0) is 12.1. The minimum Gasteiger partial charge on any atom is -0.356 e. The van der Waals surface area contributed by atoms with Gasteiger partial charge in [0, 0.05) is 18.6 Å². The number of hydrogen-bond donors (Lipinski definition) is 2. The molecule has 0 aromatic heterocycles. The fraction of sp³-hybridized carbons (Fsp3) is 0.933. The highest BCUT2D eigenvalue weighted by Crippen LogP contribution is 2.48. The predicted molar refractivity (Wildman–Crippen MR) is 70.0 cm³/mol. The van der Waals surface area contributed by atoms with Gasteiger partial charge in [0.15, 0.2) is 0 Å². The molecule has 4 fully saturated rings. The first-order valence-corrected chi connectivity index (χ1v) is 7.85. The molecule has 4 rings (SSSR count). The summed E-state index contributed by atoms with van der Waals surface area (Å²) >= 11 is 0. The van der Waals surface area contributed by atoms with Crippen molar-refractivity contribution >= 4 is 5.91 Å². The first-order valence-electron chi connectivity index (χ1n) is 7.85. The van der Waals surface area contributed by atoms with Gasteiger partial charge >= 0.3 is 0 Å². The Hall–Kier alpha value is -0.570. The van der Waals surface area contributed by atoms with E-state index in [0.29, 0.717) is 18.0 Å². The third kappa shape index (κ3) is 2.07. The normalized spacial score (nSPS) is 38.4. The van der Waals surface area contributed by atoms with Gasteiger partial charge in [-0.05, 0) is 62.7 Å². The maximum absolute atomic E-state index is 12.3. The van der Waals surface area contributed by atoms with E-state index >= 15 is 0 Å². The van der Waals surface area contributed by atoms with Crippen LogP contribution in [0.3, 0.4) is 0 Å². The van der Waals surface area contributed by atoms with Gasteiger partial charge in [0.1, 0.15) is 0 Å². The van der Waals surface area contributed by atoms with Crippen LogP contribution in [-0.4, -0.2) is 24.5 Å². The van der Waals surface area contributed by atoms with Crippen molar-refractivity contribution in [2.75, 3.05) is 6.54 Å². The standard InChI is InChI=1S/C15H24N2O/c18-15(12-7-11-5-6-14(12)17-11)16-8-13(9-1-2-9)10-3-4-10/h9-14,17H,1-8H2,(H,16,18). The maximum Gasteiger partial charge on any atom is 0.224 e. The van der Waals surface area contributed by atoms with Crippen molar-refractivity contribution in [1.29, 1.82) is 0 Å². The molecule has 4 aliphatic rings. The predicted octanol–water partition coefficient (Wildman–Crippen LogP) is 1.68. The highest BCUT2D eigenvalue weighted by molar-refractivity contribution is 5.80. The average molecular weight is 248 g/mol. The lowest BCUT2D eigenvalue weighted by Gasteiger charge is -2.22. The Labute approximate surface area is 109 Å². The third-order valence-electron chi connectivity index (χ3n) is 5.60. The van der Waals surface area contributed by atoms with Crippen LogP contribution >= 0.6 is 0 Å². The van der Waals surface area contributed by atoms with Gasteiger partial charge in [0.25, 0.3) is 0 Å². The molecule has 3 unspecified atom stereocenters. The summed E-state index contributed by atoms with van der Waals surface area (Å²) in [5, 5.41) is 6.83. The summed E-state index contributed by atoms with van der Waals surface area (Å²) in [6.07, 6.45) is 9.20. The lowest BCUT2D eigenvalue weighted by Crippen LogP contribution is -2.40. The van der Waals surface area contributed by atoms with E-state index in [2.05, 4.69) is 10.6 Å². The third-order valence-corrected chi connectivity index (χ3v) is 5.60. The molecule has 100 valence electrons. The highest BCUT2D eigenvalue weighted by atomic mass is 16.1. The SMILES string of the molecule is O=C(NCC(C1CC1)C1CC1)C1CC2CCC1N2. The quantitative estimate of drug-likeness (QED) is 0.777. The molecule has 0 spiro atoms. The van der Waals surface area contributed by atoms with E-state index in [0.717, 1.165) is 30.7 Å². The molecule has 0 aromatic rings. The van der Waals surface area contributed by atoms with Gasteiger partial charge < -0.3 is 10.6 Å². The first-order chi connectivity index (χ1) is 8.81. The van der Waals surface area contributed by atoms with Crippen molar-refractivity contribution in [2.24, 2.45) is 23.7 Å². The Balaban J connectivity index is 1.30. The van der Waals surface area contributed by atoms with Crippen molar-refractivity contribution in [3.63, 3.8) is 0 Å². The van der Waals surface area contributed by atoms with Crippen LogP contribution in [0.5, 0.6) is 0 Å². The monoisotopic (exact) mass is 248 g/mol. The van der Waals surface area contributed by atoms with Crippen molar-refractivity contribution in [3.8, 4) is 0 Å². The van der Waals surface area contributed by atoms with Crippen molar-refractivity contribution in [1.82, 2.24) is 10.6 Å². The number of carbonyl (C=O) groups is 1. The van der Waals surface area contributed by atoms with E-state index in [1.54, 1.807) is 0 Å². The number of rotatable bonds is 5. The molecular weight excluding hydrogens is 224 g/mol. The molecule has 2 N–H and O–H groups in total. The molecule has 3 nitrogen and oxygen atoms in total. The van der Waals surface area contributed by atoms with E-state index in [9.17, 15) is 4.79 Å². The Kier molecular flexibility index (Phi) is 2.65. The van der Waals surface area contributed by atoms with Gasteiger partial charge in [0.05, 0.1) is 5.92 Å². The first kappa shape index (κ1) is 11.3. The van der Waals surface area contributed by atoms with Crippen molar-refractivity contribution in [2.45, 2.75) is 57.0 Å². The summed E-state index contributed by atoms with van der Waals surface area (Å²) < 4.78 is 0. The number of hydrogen-bond acceptors (Lipinski definition) is 2. The molecule has 2 aliphatic heterocycles. The van der Waals surface area contributed by atoms with E-state index < -0.39 is 0 Å². The Morgan fingerprint density at radius 3 is 2.33 bits per heavy atom. The second-order valence-electron chi connectivity index (χ2n) is 6.97. The fourth-order valence-electron chi connectivity index (χ4n) is 4.23. The fourth-order valence-corrected chi connectivity index (χ4v) is 4.23. The summed E-state index contributed by atoms with van der Waals surface area (Å²) in [5.41, 5.74) is 0. The molecule has 2 saturated heterocycles. The molecule has 2 saturated carbocycles. The molecule has 0 aromatic carbocycles. The largest absolute Gasteiger partial charge is 0.356 e. The lowest BCUT2D eigenvalue weighted by atomic mass is 9.88. The van der Waals surface area contributed by atoms with Gasteiger partial charge in [-0.3, -0.25) is 4.79 Å². The average Bonchev–Trinajstić information content (AvgIpc) is 3.31. The van der Waals surface area contributed by atoms with Crippen LogP contribution in [0, 0.1) is 23.7 Å². The van der Waals surface area contributed by atoms with Crippen LogP contribution in [0.1, 0.15) is 44.9 Å². The Bertz CT molecular complexity index is 336. The van der Waals surface area contributed by atoms with Crippen molar-refractivity contribution < 1.29 is 4.79 Å². The molecule has 3 heteroatoms. The summed E-state index contributed by atoms with van der Waals surface area (Å²) in [6, 6.07) is 1.11. The molecule has 3 atom stereocenters. The molecule has 1 amide bonds. The highest BCUT2D eigenvalue weighted by Gasteiger charge is 2.44. The topological polar surface area (TPSA) is 41.1 Å². The van der Waals surface area contributed by atoms with Gasteiger partial charge in [-0.1, -0.05) is 0 Å². The minimum absolute atomic E-state index is 0.266. The van der Waals surface area contributed by atoms with Crippen LogP contribution < -0.4 is 10.6 Å². The van der Waals surface area contributed by atoms with E-state index in [4.69, 9.17) is 0 Å². The zero-order valence-electron chi connectivity index (χ0n) is 11.0. The second kappa shape index (κ2) is 4.22. The molecule has 2 heterocycles. The smallest absolute Gasteiger partial charge is 0.224 e. The number of nitrogens with one attached hydrogen (secondary N) is 2. The van der Waals surface area contributed by atoms with Crippen LogP contribution in [0.4, 0.5) is 0 Å². The van der Waals surface area contributed by atoms with Crippen LogP contribution in [0.25, 0.3) is 0 Å². The van der Waals surface area contributed by atoms with Crippen LogP contribution in [0.2, 0.25) is 0 Å². The summed E-state index contributed by atoms with van der Waals surface area (Å²) in [7, 11) is 0. The van der Waals surface area contributed by atoms with Gasteiger partial charge in [-0.25, -0.2) is 0 Å². The summed E-state index contributed by atoms with van der Waals surface area (Å²) in [5.74, 6) is 3.29. The molecule has 18 heavy (non-hydrogen) atoms. The minimum atomic E-state index is 0.266. The van der Waals surface area contributed by atoms with Gasteiger partial charge in [-0.2, -0.15) is 0 Å². The van der Waals surface area contributed by atoms with Gasteiger partial charge in [-0.15, -0.1) is 0 Å². The van der Waals surface area contributed by atoms with E-state index in [1.807, 2.05) is 0 Å². The second-order valence-corrected chi connectivity index (χ2v) is 6.97. The van der Waals surface area contributed by atoms with E-state index in [-0.39, 0.29) is 5.92 Å². The molecule has 2 bridgehead atoms. The molecule has 2 aliphatic carbocycles. The van der Waals surface area contributed by atoms with Gasteiger partial charge in [0.2, 0.25) is 5.91 Å². The molecule has 0 radical (unpaired) electrons. The van der Waals surface area contributed by atoms with Crippen LogP contribution in [0.15, 0.2) is 0 Å². The van der Waals surface area contributed by atoms with Crippen LogP contribution in [-0.2, 0) is 4.79 Å². The zero-order valence-corrected chi connectivity index (χ0v) is 11.0. The van der Waals surface area contributed by atoms with Crippen molar-refractivity contribution in [3.05, 3.63) is 0 Å². The van der Waals surface area contributed by atoms with E-state index in [1.165, 1.54) is 38.5 Å². The number of fused-ring (bicyclic) bond motifs is 2. The Morgan fingerprint density at radius 2 is 1.83 bits per heavy atom. The Morgan fingerprint density at radius 1 is 1.11 bits per heavy atom. The summed E-state index contributed by atoms with van der Waals surface area (Å²) in [6.45, 7) is 0.960. The lowest BCUT2D eigenvalue weighted by molar-refractivity contribution is -0.125. The number of carbonyl (C=O) groups excluding carboxylic acids is 1. The molecular formula is C15H24N2O.